The second-order valence-corrected chi connectivity index (χ2v) is 4.94. The second-order valence-electron chi connectivity index (χ2n) is 4.94. The third-order valence-electron chi connectivity index (χ3n) is 3.66. The van der Waals surface area contributed by atoms with Crippen molar-refractivity contribution in [1.82, 2.24) is 0 Å². The molecule has 0 aromatic heterocycles. The summed E-state index contributed by atoms with van der Waals surface area (Å²) in [6.45, 7) is 1.39. The van der Waals surface area contributed by atoms with Crippen molar-refractivity contribution < 1.29 is 9.47 Å². The first-order chi connectivity index (χ1) is 9.93. The molecule has 0 radical (unpaired) electrons. The monoisotopic (exact) mass is 265 g/mol. The van der Waals surface area contributed by atoms with E-state index < -0.39 is 0 Å². The Balaban J connectivity index is 1.87. The molecular weight excluding hydrogens is 250 g/mol. The fraction of sp³-hybridized carbons (Fsp3) is 0.176. The molecular formula is C17H15NO2. The van der Waals surface area contributed by atoms with Crippen LogP contribution in [0.2, 0.25) is 0 Å². The highest BCUT2D eigenvalue weighted by Crippen LogP contribution is 2.47. The Hall–Kier alpha value is -2.26. The summed E-state index contributed by atoms with van der Waals surface area (Å²) in [6.07, 6.45) is 4.29. The number of hydrogen-bond acceptors (Lipinski definition) is 3. The maximum atomic E-state index is 5.99. The van der Waals surface area contributed by atoms with E-state index in [4.69, 9.17) is 9.47 Å². The average molecular weight is 265 g/mol. The molecule has 0 N–H and O–H groups in total. The lowest BCUT2D eigenvalue weighted by molar-refractivity contribution is 0.146. The normalized spacial score (nSPS) is 20.0. The molecule has 100 valence electrons. The molecule has 2 aromatic carbocycles. The number of anilines is 2. The van der Waals surface area contributed by atoms with E-state index in [1.165, 1.54) is 0 Å². The quantitative estimate of drug-likeness (QED) is 0.730. The van der Waals surface area contributed by atoms with Crippen LogP contribution in [0.25, 0.3) is 0 Å². The molecule has 2 aromatic rings. The van der Waals surface area contributed by atoms with E-state index in [0.717, 1.165) is 22.9 Å². The van der Waals surface area contributed by atoms with Crippen LogP contribution in [0.3, 0.4) is 0 Å². The van der Waals surface area contributed by atoms with Crippen LogP contribution >= 0.6 is 0 Å². The average Bonchev–Trinajstić information content (AvgIpc) is 2.53. The number of hydrogen-bond donors (Lipinski definition) is 0. The Morgan fingerprint density at radius 1 is 0.900 bits per heavy atom. The predicted octanol–water partition coefficient (Wildman–Crippen LogP) is 3.89. The third-order valence-corrected chi connectivity index (χ3v) is 3.66. The van der Waals surface area contributed by atoms with Gasteiger partial charge in [0, 0.05) is 0 Å². The zero-order valence-corrected chi connectivity index (χ0v) is 11.0. The molecule has 0 unspecified atom stereocenters. The maximum absolute atomic E-state index is 5.99. The Morgan fingerprint density at radius 2 is 1.55 bits per heavy atom. The van der Waals surface area contributed by atoms with E-state index in [1.54, 1.807) is 0 Å². The minimum Gasteiger partial charge on any atom is -0.453 e. The topological polar surface area (TPSA) is 21.7 Å². The van der Waals surface area contributed by atoms with Crippen LogP contribution in [0.5, 0.6) is 11.5 Å². The molecule has 3 nitrogen and oxygen atoms in total. The zero-order valence-electron chi connectivity index (χ0n) is 11.0. The molecule has 0 saturated carbocycles. The highest BCUT2D eigenvalue weighted by Gasteiger charge is 2.29. The molecule has 20 heavy (non-hydrogen) atoms. The largest absolute Gasteiger partial charge is 0.453 e. The summed E-state index contributed by atoms with van der Waals surface area (Å²) in [5.74, 6) is 1.79. The summed E-state index contributed by atoms with van der Waals surface area (Å²) < 4.78 is 11.6. The molecule has 3 heteroatoms. The van der Waals surface area contributed by atoms with E-state index in [1.807, 2.05) is 36.4 Å². The van der Waals surface area contributed by atoms with Gasteiger partial charge in [-0.3, -0.25) is 0 Å². The third kappa shape index (κ3) is 1.79. The van der Waals surface area contributed by atoms with Gasteiger partial charge in [-0.1, -0.05) is 36.4 Å². The number of para-hydroxylation sites is 4. The summed E-state index contributed by atoms with van der Waals surface area (Å²) in [5, 5.41) is 0. The van der Waals surface area contributed by atoms with Crippen LogP contribution < -0.4 is 9.64 Å². The van der Waals surface area contributed by atoms with Gasteiger partial charge in [0.15, 0.2) is 11.5 Å². The van der Waals surface area contributed by atoms with Gasteiger partial charge < -0.3 is 14.4 Å². The summed E-state index contributed by atoms with van der Waals surface area (Å²) >= 11 is 0. The van der Waals surface area contributed by atoms with Crippen molar-refractivity contribution >= 4 is 11.4 Å². The first-order valence-corrected chi connectivity index (χ1v) is 6.83. The van der Waals surface area contributed by atoms with E-state index >= 15 is 0 Å². The maximum Gasteiger partial charge on any atom is 0.151 e. The van der Waals surface area contributed by atoms with Gasteiger partial charge in [-0.2, -0.15) is 0 Å². The SMILES string of the molecule is C1=C[C@@H](N2c3ccccc3Oc3ccccc32)COC1. The minimum absolute atomic E-state index is 0.204. The highest BCUT2D eigenvalue weighted by molar-refractivity contribution is 5.78. The molecule has 2 aliphatic rings. The molecule has 0 spiro atoms. The number of fused-ring (bicyclic) bond motifs is 2. The van der Waals surface area contributed by atoms with Crippen LogP contribution in [0.1, 0.15) is 0 Å². The Labute approximate surface area is 118 Å². The lowest BCUT2D eigenvalue weighted by atomic mass is 10.1. The van der Waals surface area contributed by atoms with E-state index in [-0.39, 0.29) is 6.04 Å². The Kier molecular flexibility index (Phi) is 2.71. The van der Waals surface area contributed by atoms with Crippen molar-refractivity contribution in [2.24, 2.45) is 0 Å². The lowest BCUT2D eigenvalue weighted by Crippen LogP contribution is -2.37. The van der Waals surface area contributed by atoms with Gasteiger partial charge in [-0.15, -0.1) is 0 Å². The van der Waals surface area contributed by atoms with Gasteiger partial charge >= 0.3 is 0 Å². The summed E-state index contributed by atoms with van der Waals surface area (Å²) in [7, 11) is 0. The van der Waals surface area contributed by atoms with Crippen molar-refractivity contribution in [2.75, 3.05) is 18.1 Å². The first-order valence-electron chi connectivity index (χ1n) is 6.83. The lowest BCUT2D eigenvalue weighted by Gasteiger charge is -2.38. The van der Waals surface area contributed by atoms with Crippen LogP contribution in [0.4, 0.5) is 11.4 Å². The smallest absolute Gasteiger partial charge is 0.151 e. The summed E-state index contributed by atoms with van der Waals surface area (Å²) in [4.78, 5) is 2.30. The van der Waals surface area contributed by atoms with Gasteiger partial charge in [0.2, 0.25) is 0 Å². The molecule has 2 aliphatic heterocycles. The van der Waals surface area contributed by atoms with Crippen LogP contribution in [-0.2, 0) is 4.74 Å². The molecule has 1 atom stereocenters. The first kappa shape index (κ1) is 11.6. The molecule has 0 fully saturated rings. The molecule has 0 amide bonds. The van der Waals surface area contributed by atoms with Crippen molar-refractivity contribution in [3.8, 4) is 11.5 Å². The second kappa shape index (κ2) is 4.69. The number of ether oxygens (including phenoxy) is 2. The van der Waals surface area contributed by atoms with E-state index in [2.05, 4.69) is 29.2 Å². The standard InChI is InChI=1S/C17H15NO2/c1-3-9-16-14(7-1)18(13-6-5-11-19-12-13)15-8-2-4-10-17(15)20-16/h1-10,13H,11-12H2/t13-/m1/s1. The number of benzene rings is 2. The van der Waals surface area contributed by atoms with Gasteiger partial charge in [-0.05, 0) is 24.3 Å². The number of nitrogens with zero attached hydrogens (tertiary/aromatic N) is 1. The molecule has 0 bridgehead atoms. The molecule has 4 rings (SSSR count). The van der Waals surface area contributed by atoms with Gasteiger partial charge in [0.1, 0.15) is 0 Å². The molecule has 0 saturated heterocycles. The Morgan fingerprint density at radius 3 is 2.15 bits per heavy atom. The predicted molar refractivity (Wildman–Crippen MR) is 78.8 cm³/mol. The fourth-order valence-corrected chi connectivity index (χ4v) is 2.78. The van der Waals surface area contributed by atoms with E-state index in [0.29, 0.717) is 13.2 Å². The van der Waals surface area contributed by atoms with Crippen LogP contribution in [-0.4, -0.2) is 19.3 Å². The van der Waals surface area contributed by atoms with Crippen molar-refractivity contribution in [3.63, 3.8) is 0 Å². The van der Waals surface area contributed by atoms with Crippen molar-refractivity contribution in [2.45, 2.75) is 6.04 Å². The van der Waals surface area contributed by atoms with Crippen LogP contribution in [0.15, 0.2) is 60.7 Å². The summed E-state index contributed by atoms with van der Waals surface area (Å²) in [5.41, 5.74) is 2.18. The minimum atomic E-state index is 0.204. The van der Waals surface area contributed by atoms with Gasteiger partial charge in [0.05, 0.1) is 30.6 Å². The van der Waals surface area contributed by atoms with E-state index in [9.17, 15) is 0 Å². The zero-order chi connectivity index (χ0) is 13.4. The van der Waals surface area contributed by atoms with Crippen molar-refractivity contribution in [3.05, 3.63) is 60.7 Å². The number of rotatable bonds is 1. The highest BCUT2D eigenvalue weighted by atomic mass is 16.5. The molecule has 2 heterocycles. The fourth-order valence-electron chi connectivity index (χ4n) is 2.78. The molecule has 0 aliphatic carbocycles. The van der Waals surface area contributed by atoms with Gasteiger partial charge in [-0.25, -0.2) is 0 Å². The van der Waals surface area contributed by atoms with Crippen LogP contribution in [0, 0.1) is 0 Å². The summed E-state index contributed by atoms with van der Waals surface area (Å²) in [6, 6.07) is 16.5. The Bertz CT molecular complexity index is 620. The van der Waals surface area contributed by atoms with Gasteiger partial charge in [0.25, 0.3) is 0 Å². The van der Waals surface area contributed by atoms with Crippen molar-refractivity contribution in [1.29, 1.82) is 0 Å².